The topological polar surface area (TPSA) is 41.6 Å². The number of ether oxygens (including phenoxy) is 1. The van der Waals surface area contributed by atoms with Gasteiger partial charge in [0.2, 0.25) is 5.91 Å². The first-order chi connectivity index (χ1) is 12.7. The van der Waals surface area contributed by atoms with Crippen LogP contribution in [0.4, 0.5) is 0 Å². The molecule has 3 atom stereocenters. The van der Waals surface area contributed by atoms with Gasteiger partial charge in [0.25, 0.3) is 0 Å². The van der Waals surface area contributed by atoms with Crippen molar-refractivity contribution in [1.29, 1.82) is 0 Å². The molecule has 4 fully saturated rings. The van der Waals surface area contributed by atoms with E-state index in [-0.39, 0.29) is 0 Å². The van der Waals surface area contributed by atoms with Gasteiger partial charge in [-0.05, 0) is 41.7 Å². The molecule has 1 saturated carbocycles. The molecule has 2 bridgehead atoms. The Kier molecular flexibility index (Phi) is 3.75. The molecule has 3 heterocycles. The van der Waals surface area contributed by atoms with Crippen molar-refractivity contribution in [3.63, 3.8) is 0 Å². The number of piperidine rings is 1. The second kappa shape index (κ2) is 6.13. The van der Waals surface area contributed by atoms with E-state index in [1.54, 1.807) is 7.11 Å². The standard InChI is InChI=1S/C22H24N2O2/c1-26-18-4-2-3-17(11-18)14-5-7-15(8-6-14)21-19-12-24(13-20(21)23-19)22(25)16-9-10-16/h2-8,11,16,19-21,23H,9-10,12-13H2,1H3/t19-,20+,21?. The average Bonchev–Trinajstić information content (AvgIpc) is 3.53. The molecule has 6 rings (SSSR count). The first kappa shape index (κ1) is 15.9. The number of rotatable bonds is 4. The molecule has 0 aromatic heterocycles. The van der Waals surface area contributed by atoms with Crippen molar-refractivity contribution in [3.8, 4) is 16.9 Å². The highest BCUT2D eigenvalue weighted by Gasteiger charge is 2.49. The van der Waals surface area contributed by atoms with Crippen molar-refractivity contribution >= 4 is 5.91 Å². The number of methoxy groups -OCH3 is 1. The van der Waals surface area contributed by atoms with Gasteiger partial charge < -0.3 is 15.0 Å². The van der Waals surface area contributed by atoms with Crippen LogP contribution in [0.2, 0.25) is 0 Å². The molecule has 1 amide bonds. The van der Waals surface area contributed by atoms with E-state index in [2.05, 4.69) is 46.6 Å². The lowest BCUT2D eigenvalue weighted by Crippen LogP contribution is -2.72. The first-order valence-corrected chi connectivity index (χ1v) is 9.52. The Morgan fingerprint density at radius 3 is 2.42 bits per heavy atom. The fourth-order valence-electron chi connectivity index (χ4n) is 4.46. The summed E-state index contributed by atoms with van der Waals surface area (Å²) >= 11 is 0. The quantitative estimate of drug-likeness (QED) is 0.923. The van der Waals surface area contributed by atoms with Gasteiger partial charge in [0.15, 0.2) is 0 Å². The van der Waals surface area contributed by atoms with Gasteiger partial charge in [-0.1, -0.05) is 36.4 Å². The summed E-state index contributed by atoms with van der Waals surface area (Å²) in [5.74, 6) is 2.11. The summed E-state index contributed by atoms with van der Waals surface area (Å²) < 4.78 is 5.33. The van der Waals surface area contributed by atoms with Crippen molar-refractivity contribution in [1.82, 2.24) is 10.2 Å². The normalized spacial score (nSPS) is 27.0. The number of nitrogens with one attached hydrogen (secondary N) is 1. The number of carbonyl (C=O) groups excluding carboxylic acids is 1. The zero-order valence-corrected chi connectivity index (χ0v) is 15.0. The van der Waals surface area contributed by atoms with Crippen molar-refractivity contribution in [2.75, 3.05) is 20.2 Å². The van der Waals surface area contributed by atoms with Crippen molar-refractivity contribution in [2.45, 2.75) is 30.8 Å². The van der Waals surface area contributed by atoms with Crippen LogP contribution in [0.15, 0.2) is 48.5 Å². The van der Waals surface area contributed by atoms with E-state index in [0.29, 0.717) is 29.8 Å². The van der Waals surface area contributed by atoms with Crippen LogP contribution in [-0.4, -0.2) is 43.1 Å². The Bertz CT molecular complexity index is 816. The number of hydrogen-bond donors (Lipinski definition) is 1. The molecule has 134 valence electrons. The van der Waals surface area contributed by atoms with Gasteiger partial charge in [0.1, 0.15) is 5.75 Å². The zero-order valence-electron chi connectivity index (χ0n) is 15.0. The lowest BCUT2D eigenvalue weighted by atomic mass is 9.74. The van der Waals surface area contributed by atoms with Crippen LogP contribution in [0.1, 0.15) is 24.3 Å². The van der Waals surface area contributed by atoms with Crippen LogP contribution in [0, 0.1) is 5.92 Å². The molecule has 2 aromatic carbocycles. The Labute approximate surface area is 154 Å². The van der Waals surface area contributed by atoms with Crippen LogP contribution in [0.3, 0.4) is 0 Å². The minimum absolute atomic E-state index is 0.327. The Morgan fingerprint density at radius 1 is 1.04 bits per heavy atom. The van der Waals surface area contributed by atoms with Gasteiger partial charge in [-0.3, -0.25) is 4.79 Å². The molecule has 2 aromatic rings. The van der Waals surface area contributed by atoms with Gasteiger partial charge >= 0.3 is 0 Å². The predicted octanol–water partition coefficient (Wildman–Crippen LogP) is 3.04. The number of hydrogen-bond acceptors (Lipinski definition) is 3. The summed E-state index contributed by atoms with van der Waals surface area (Å²) in [5, 5.41) is 3.62. The van der Waals surface area contributed by atoms with E-state index in [0.717, 1.165) is 31.7 Å². The van der Waals surface area contributed by atoms with Gasteiger partial charge in [-0.25, -0.2) is 0 Å². The van der Waals surface area contributed by atoms with Crippen LogP contribution in [-0.2, 0) is 4.79 Å². The fourth-order valence-corrected chi connectivity index (χ4v) is 4.46. The maximum atomic E-state index is 12.3. The highest BCUT2D eigenvalue weighted by atomic mass is 16.5. The molecule has 0 radical (unpaired) electrons. The van der Waals surface area contributed by atoms with Crippen LogP contribution in [0.5, 0.6) is 5.75 Å². The maximum Gasteiger partial charge on any atom is 0.225 e. The number of fused-ring (bicyclic) bond motifs is 2. The van der Waals surface area contributed by atoms with Gasteiger partial charge in [0, 0.05) is 37.0 Å². The van der Waals surface area contributed by atoms with E-state index in [4.69, 9.17) is 4.74 Å². The molecule has 3 aliphatic heterocycles. The molecular formula is C22H24N2O2. The van der Waals surface area contributed by atoms with Crippen LogP contribution < -0.4 is 10.1 Å². The SMILES string of the molecule is COc1cccc(-c2ccc(C3[C@@H]4CN(C(=O)C5CC5)C[C@H]3N4)cc2)c1. The second-order valence-corrected chi connectivity index (χ2v) is 7.78. The number of nitrogens with zero attached hydrogens (tertiary/aromatic N) is 1. The highest BCUT2D eigenvalue weighted by molar-refractivity contribution is 5.81. The predicted molar refractivity (Wildman–Crippen MR) is 101 cm³/mol. The molecule has 1 unspecified atom stereocenters. The van der Waals surface area contributed by atoms with E-state index in [1.165, 1.54) is 16.7 Å². The monoisotopic (exact) mass is 348 g/mol. The summed E-state index contributed by atoms with van der Waals surface area (Å²) in [5.41, 5.74) is 3.75. The summed E-state index contributed by atoms with van der Waals surface area (Å²) in [4.78, 5) is 14.4. The third-order valence-electron chi connectivity index (χ3n) is 6.07. The number of carbonyl (C=O) groups is 1. The van der Waals surface area contributed by atoms with Crippen molar-refractivity contribution in [2.24, 2.45) is 5.92 Å². The lowest BCUT2D eigenvalue weighted by molar-refractivity contribution is -0.137. The van der Waals surface area contributed by atoms with E-state index >= 15 is 0 Å². The molecular weight excluding hydrogens is 324 g/mol. The lowest BCUT2D eigenvalue weighted by Gasteiger charge is -2.55. The maximum absolute atomic E-state index is 12.3. The number of benzene rings is 2. The molecule has 3 saturated heterocycles. The van der Waals surface area contributed by atoms with Crippen molar-refractivity contribution in [3.05, 3.63) is 54.1 Å². The molecule has 1 N–H and O–H groups in total. The van der Waals surface area contributed by atoms with Gasteiger partial charge in [0.05, 0.1) is 7.11 Å². The molecule has 1 aliphatic carbocycles. The van der Waals surface area contributed by atoms with E-state index in [9.17, 15) is 4.79 Å². The van der Waals surface area contributed by atoms with Gasteiger partial charge in [-0.2, -0.15) is 0 Å². The summed E-state index contributed by atoms with van der Waals surface area (Å²) in [7, 11) is 1.70. The largest absolute Gasteiger partial charge is 0.497 e. The zero-order chi connectivity index (χ0) is 17.7. The molecule has 26 heavy (non-hydrogen) atoms. The Hall–Kier alpha value is -2.33. The van der Waals surface area contributed by atoms with Crippen LogP contribution >= 0.6 is 0 Å². The van der Waals surface area contributed by atoms with E-state index in [1.807, 2.05) is 12.1 Å². The smallest absolute Gasteiger partial charge is 0.225 e. The average molecular weight is 348 g/mol. The Balaban J connectivity index is 1.30. The minimum atomic E-state index is 0.327. The van der Waals surface area contributed by atoms with E-state index < -0.39 is 0 Å². The van der Waals surface area contributed by atoms with Gasteiger partial charge in [-0.15, -0.1) is 0 Å². The molecule has 4 heteroatoms. The van der Waals surface area contributed by atoms with Crippen LogP contribution in [0.25, 0.3) is 11.1 Å². The minimum Gasteiger partial charge on any atom is -0.497 e. The number of amides is 1. The molecule has 4 nitrogen and oxygen atoms in total. The second-order valence-electron chi connectivity index (χ2n) is 7.78. The number of piperazine rings is 1. The fraction of sp³-hybridized carbons (Fsp3) is 0.409. The molecule has 0 spiro atoms. The third kappa shape index (κ3) is 2.69. The Morgan fingerprint density at radius 2 is 1.77 bits per heavy atom. The summed E-state index contributed by atoms with van der Waals surface area (Å²) in [6.07, 6.45) is 2.18. The van der Waals surface area contributed by atoms with Crippen molar-refractivity contribution < 1.29 is 9.53 Å². The highest BCUT2D eigenvalue weighted by Crippen LogP contribution is 2.40. The third-order valence-corrected chi connectivity index (χ3v) is 6.07. The first-order valence-electron chi connectivity index (χ1n) is 9.52. The molecule has 4 aliphatic rings. The summed E-state index contributed by atoms with van der Waals surface area (Å²) in [6, 6.07) is 17.9. The summed E-state index contributed by atoms with van der Waals surface area (Å²) in [6.45, 7) is 1.71.